The van der Waals surface area contributed by atoms with Gasteiger partial charge in [-0.1, -0.05) is 24.3 Å². The van der Waals surface area contributed by atoms with Gasteiger partial charge in [-0.3, -0.25) is 4.99 Å². The molecule has 0 amide bonds. The first kappa shape index (κ1) is 22.5. The van der Waals surface area contributed by atoms with Crippen molar-refractivity contribution in [1.82, 2.24) is 10.6 Å². The van der Waals surface area contributed by atoms with Crippen LogP contribution < -0.4 is 15.4 Å². The molecule has 0 saturated heterocycles. The minimum Gasteiger partial charge on any atom is -0.493 e. The van der Waals surface area contributed by atoms with Crippen molar-refractivity contribution in [2.75, 3.05) is 27.4 Å². The summed E-state index contributed by atoms with van der Waals surface area (Å²) in [5.41, 5.74) is 1.09. The van der Waals surface area contributed by atoms with E-state index >= 15 is 0 Å². The smallest absolute Gasteiger partial charge is 0.416 e. The lowest BCUT2D eigenvalue weighted by Gasteiger charge is -2.13. The van der Waals surface area contributed by atoms with Gasteiger partial charge in [0.15, 0.2) is 5.96 Å². The van der Waals surface area contributed by atoms with Crippen molar-refractivity contribution in [1.29, 1.82) is 0 Å². The fourth-order valence-electron chi connectivity index (χ4n) is 2.54. The maximum atomic E-state index is 12.6. The summed E-state index contributed by atoms with van der Waals surface area (Å²) >= 11 is 0. The first-order valence-corrected chi connectivity index (χ1v) is 9.23. The average Bonchev–Trinajstić information content (AvgIpc) is 2.71. The fraction of sp³-hybridized carbons (Fsp3) is 0.381. The summed E-state index contributed by atoms with van der Waals surface area (Å²) in [5.74, 6) is 1.34. The predicted molar refractivity (Wildman–Crippen MR) is 107 cm³/mol. The van der Waals surface area contributed by atoms with Gasteiger partial charge in [0.05, 0.1) is 12.2 Å². The highest BCUT2D eigenvalue weighted by atomic mass is 19.4. The second kappa shape index (κ2) is 11.3. The monoisotopic (exact) mass is 409 g/mol. The SMILES string of the molecule is CN=C(NCc1ccc(C(F)(F)F)cc1)NCc1cccc(OCCCOC)c1. The molecule has 8 heteroatoms. The Labute approximate surface area is 168 Å². The number of methoxy groups -OCH3 is 1. The summed E-state index contributed by atoms with van der Waals surface area (Å²) in [6, 6.07) is 12.8. The molecule has 0 aliphatic heterocycles. The summed E-state index contributed by atoms with van der Waals surface area (Å²) in [6.07, 6.45) is -3.51. The molecule has 2 rings (SSSR count). The molecule has 2 N–H and O–H groups in total. The zero-order valence-electron chi connectivity index (χ0n) is 16.6. The van der Waals surface area contributed by atoms with Gasteiger partial charge in [0.1, 0.15) is 5.75 Å². The topological polar surface area (TPSA) is 54.9 Å². The molecular weight excluding hydrogens is 383 g/mol. The Balaban J connectivity index is 1.81. The van der Waals surface area contributed by atoms with E-state index in [2.05, 4.69) is 15.6 Å². The molecule has 0 saturated carbocycles. The molecule has 5 nitrogen and oxygen atoms in total. The van der Waals surface area contributed by atoms with Crippen LogP contribution in [0, 0.1) is 0 Å². The Morgan fingerprint density at radius 1 is 0.966 bits per heavy atom. The van der Waals surface area contributed by atoms with Gasteiger partial charge in [-0.05, 0) is 35.4 Å². The molecule has 0 bridgehead atoms. The second-order valence-corrected chi connectivity index (χ2v) is 6.32. The number of aliphatic imine (C=N–C) groups is 1. The lowest BCUT2D eigenvalue weighted by Crippen LogP contribution is -2.36. The number of rotatable bonds is 9. The molecule has 0 radical (unpaired) electrons. The molecule has 0 unspecified atom stereocenters. The van der Waals surface area contributed by atoms with Crippen LogP contribution in [0.1, 0.15) is 23.1 Å². The summed E-state index contributed by atoms with van der Waals surface area (Å²) in [6.45, 7) is 2.13. The number of halogens is 3. The van der Waals surface area contributed by atoms with Crippen molar-refractivity contribution in [3.05, 3.63) is 65.2 Å². The average molecular weight is 409 g/mol. The van der Waals surface area contributed by atoms with Crippen LogP contribution in [0.5, 0.6) is 5.75 Å². The molecule has 158 valence electrons. The lowest BCUT2D eigenvalue weighted by molar-refractivity contribution is -0.137. The van der Waals surface area contributed by atoms with E-state index in [4.69, 9.17) is 9.47 Å². The minimum atomic E-state index is -4.33. The predicted octanol–water partition coefficient (Wildman–Crippen LogP) is 3.99. The van der Waals surface area contributed by atoms with Crippen molar-refractivity contribution in [2.45, 2.75) is 25.7 Å². The Hall–Kier alpha value is -2.74. The summed E-state index contributed by atoms with van der Waals surface area (Å²) in [7, 11) is 3.29. The normalized spacial score (nSPS) is 12.0. The van der Waals surface area contributed by atoms with Gasteiger partial charge >= 0.3 is 6.18 Å². The maximum Gasteiger partial charge on any atom is 0.416 e. The van der Waals surface area contributed by atoms with Gasteiger partial charge in [-0.15, -0.1) is 0 Å². The third kappa shape index (κ3) is 8.03. The second-order valence-electron chi connectivity index (χ2n) is 6.32. The third-order valence-corrected chi connectivity index (χ3v) is 4.08. The highest BCUT2D eigenvalue weighted by Crippen LogP contribution is 2.29. The highest BCUT2D eigenvalue weighted by Gasteiger charge is 2.29. The zero-order chi connectivity index (χ0) is 21.1. The molecule has 0 aromatic heterocycles. The first-order valence-electron chi connectivity index (χ1n) is 9.23. The van der Waals surface area contributed by atoms with E-state index in [1.165, 1.54) is 12.1 Å². The Bertz CT molecular complexity index is 777. The number of ether oxygens (including phenoxy) is 2. The van der Waals surface area contributed by atoms with Crippen molar-refractivity contribution in [3.8, 4) is 5.75 Å². The largest absolute Gasteiger partial charge is 0.493 e. The molecule has 0 heterocycles. The minimum absolute atomic E-state index is 0.362. The number of alkyl halides is 3. The van der Waals surface area contributed by atoms with Gasteiger partial charge < -0.3 is 20.1 Å². The maximum absolute atomic E-state index is 12.6. The van der Waals surface area contributed by atoms with Crippen LogP contribution >= 0.6 is 0 Å². The molecule has 29 heavy (non-hydrogen) atoms. The van der Waals surface area contributed by atoms with Crippen LogP contribution in [-0.4, -0.2) is 33.3 Å². The van der Waals surface area contributed by atoms with Gasteiger partial charge in [0.25, 0.3) is 0 Å². The third-order valence-electron chi connectivity index (χ3n) is 4.08. The summed E-state index contributed by atoms with van der Waals surface area (Å²) in [5, 5.41) is 6.27. The molecule has 2 aromatic carbocycles. The molecule has 2 aromatic rings. The van der Waals surface area contributed by atoms with Gasteiger partial charge in [0, 0.05) is 40.3 Å². The number of guanidine groups is 1. The lowest BCUT2D eigenvalue weighted by atomic mass is 10.1. The quantitative estimate of drug-likeness (QED) is 0.374. The van der Waals surface area contributed by atoms with Crippen LogP contribution in [0.4, 0.5) is 13.2 Å². The van der Waals surface area contributed by atoms with E-state index < -0.39 is 11.7 Å². The van der Waals surface area contributed by atoms with Crippen molar-refractivity contribution >= 4 is 5.96 Å². The van der Waals surface area contributed by atoms with E-state index in [9.17, 15) is 13.2 Å². The number of hydrogen-bond acceptors (Lipinski definition) is 3. The van der Waals surface area contributed by atoms with Gasteiger partial charge in [0.2, 0.25) is 0 Å². The fourth-order valence-corrected chi connectivity index (χ4v) is 2.54. The molecular formula is C21H26F3N3O2. The Morgan fingerprint density at radius 3 is 2.28 bits per heavy atom. The summed E-state index contributed by atoms with van der Waals surface area (Å²) < 4.78 is 48.5. The summed E-state index contributed by atoms with van der Waals surface area (Å²) in [4.78, 5) is 4.14. The Morgan fingerprint density at radius 2 is 1.66 bits per heavy atom. The van der Waals surface area contributed by atoms with Gasteiger partial charge in [-0.25, -0.2) is 0 Å². The van der Waals surface area contributed by atoms with E-state index in [-0.39, 0.29) is 0 Å². The molecule has 0 spiro atoms. The Kier molecular flexibility index (Phi) is 8.79. The van der Waals surface area contributed by atoms with Gasteiger partial charge in [-0.2, -0.15) is 13.2 Å². The number of hydrogen-bond donors (Lipinski definition) is 2. The van der Waals surface area contributed by atoms with E-state index in [1.54, 1.807) is 14.2 Å². The van der Waals surface area contributed by atoms with Crippen LogP contribution in [-0.2, 0) is 24.0 Å². The number of nitrogens with one attached hydrogen (secondary N) is 2. The van der Waals surface area contributed by atoms with Crippen molar-refractivity contribution in [3.63, 3.8) is 0 Å². The van der Waals surface area contributed by atoms with Crippen LogP contribution in [0.2, 0.25) is 0 Å². The van der Waals surface area contributed by atoms with Crippen molar-refractivity contribution in [2.24, 2.45) is 4.99 Å². The molecule has 0 fully saturated rings. The van der Waals surface area contributed by atoms with Crippen LogP contribution in [0.15, 0.2) is 53.5 Å². The highest BCUT2D eigenvalue weighted by molar-refractivity contribution is 5.79. The number of benzene rings is 2. The standard InChI is InChI=1S/C21H26F3N3O2/c1-25-20(26-14-16-7-9-18(10-8-16)21(22,23)24)27-15-17-5-3-6-19(13-17)29-12-4-11-28-2/h3,5-10,13H,4,11-12,14-15H2,1-2H3,(H2,25,26,27). The molecule has 0 aliphatic carbocycles. The first-order chi connectivity index (χ1) is 13.9. The van der Waals surface area contributed by atoms with E-state index in [1.807, 2.05) is 24.3 Å². The molecule has 0 aliphatic rings. The molecule has 0 atom stereocenters. The van der Waals surface area contributed by atoms with E-state index in [0.29, 0.717) is 32.3 Å². The van der Waals surface area contributed by atoms with Crippen LogP contribution in [0.25, 0.3) is 0 Å². The van der Waals surface area contributed by atoms with E-state index in [0.717, 1.165) is 35.4 Å². The van der Waals surface area contributed by atoms with Crippen molar-refractivity contribution < 1.29 is 22.6 Å². The van der Waals surface area contributed by atoms with Crippen LogP contribution in [0.3, 0.4) is 0 Å². The number of nitrogens with zero attached hydrogens (tertiary/aromatic N) is 1. The zero-order valence-corrected chi connectivity index (χ0v) is 16.6.